The smallest absolute Gasteiger partial charge is 0.245 e. The maximum Gasteiger partial charge on any atom is 0.245 e. The lowest BCUT2D eigenvalue weighted by molar-refractivity contribution is -0.134. The minimum absolute atomic E-state index is 0.152. The number of benzene rings is 1. The van der Waals surface area contributed by atoms with Gasteiger partial charge in [-0.3, -0.25) is 9.69 Å². The van der Waals surface area contributed by atoms with Crippen LogP contribution >= 0.6 is 0 Å². The van der Waals surface area contributed by atoms with Crippen LogP contribution in [0.5, 0.6) is 0 Å². The van der Waals surface area contributed by atoms with E-state index in [4.69, 9.17) is 0 Å². The maximum atomic E-state index is 13.6. The Morgan fingerprint density at radius 2 is 1.97 bits per heavy atom. The highest BCUT2D eigenvalue weighted by atomic mass is 19.1. The molecular formula is C23H28FN7O. The Kier molecular flexibility index (Phi) is 5.50. The van der Waals surface area contributed by atoms with Gasteiger partial charge >= 0.3 is 0 Å². The van der Waals surface area contributed by atoms with Crippen molar-refractivity contribution in [3.63, 3.8) is 0 Å². The molecule has 0 spiro atoms. The van der Waals surface area contributed by atoms with E-state index in [1.54, 1.807) is 6.07 Å². The number of carbonyl (C=O) groups excluding carboxylic acids is 1. The number of hydrogen-bond acceptors (Lipinski definition) is 6. The second kappa shape index (κ2) is 8.46. The van der Waals surface area contributed by atoms with Crippen molar-refractivity contribution in [3.8, 4) is 0 Å². The van der Waals surface area contributed by atoms with Gasteiger partial charge in [-0.25, -0.2) is 19.3 Å². The fourth-order valence-corrected chi connectivity index (χ4v) is 4.72. The molecule has 1 aromatic carbocycles. The van der Waals surface area contributed by atoms with Crippen molar-refractivity contribution in [1.29, 1.82) is 0 Å². The highest BCUT2D eigenvalue weighted by molar-refractivity contribution is 5.86. The van der Waals surface area contributed by atoms with E-state index in [1.165, 1.54) is 12.1 Å². The van der Waals surface area contributed by atoms with E-state index in [0.29, 0.717) is 29.9 Å². The Bertz CT molecular complexity index is 1140. The van der Waals surface area contributed by atoms with Gasteiger partial charge in [0, 0.05) is 57.6 Å². The minimum Gasteiger partial charge on any atom is -0.338 e. The Hall–Kier alpha value is -3.07. The SMILES string of the molecule is Cc1nc(N2CCCC2C(=O)N2CCN(Cc3nccn3C)CC2)nc2ccc(F)cc12. The van der Waals surface area contributed by atoms with Crippen molar-refractivity contribution in [2.24, 2.45) is 7.05 Å². The molecule has 4 heterocycles. The number of nitrogens with zero attached hydrogens (tertiary/aromatic N) is 7. The van der Waals surface area contributed by atoms with Crippen LogP contribution in [0.2, 0.25) is 0 Å². The van der Waals surface area contributed by atoms with Gasteiger partial charge in [-0.15, -0.1) is 0 Å². The molecule has 2 aromatic heterocycles. The number of aryl methyl sites for hydroxylation is 2. The van der Waals surface area contributed by atoms with E-state index >= 15 is 0 Å². The average Bonchev–Trinajstić information content (AvgIpc) is 3.44. The summed E-state index contributed by atoms with van der Waals surface area (Å²) < 4.78 is 15.7. The van der Waals surface area contributed by atoms with E-state index in [1.807, 2.05) is 40.7 Å². The van der Waals surface area contributed by atoms with Crippen molar-refractivity contribution in [2.45, 2.75) is 32.4 Å². The summed E-state index contributed by atoms with van der Waals surface area (Å²) in [5.41, 5.74) is 1.43. The third kappa shape index (κ3) is 3.92. The van der Waals surface area contributed by atoms with E-state index in [-0.39, 0.29) is 17.8 Å². The standard InChI is InChI=1S/C23H28FN7O/c1-16-18-14-17(24)5-6-19(18)27-23(26-16)31-8-3-4-20(31)22(32)30-12-10-29(11-13-30)15-21-25-7-9-28(21)2/h5-7,9,14,20H,3-4,8,10-13,15H2,1-2H3. The van der Waals surface area contributed by atoms with Gasteiger partial charge in [0.1, 0.15) is 17.7 Å². The molecule has 2 saturated heterocycles. The van der Waals surface area contributed by atoms with Crippen LogP contribution in [0.3, 0.4) is 0 Å². The number of amides is 1. The van der Waals surface area contributed by atoms with Gasteiger partial charge < -0.3 is 14.4 Å². The molecule has 8 nitrogen and oxygen atoms in total. The van der Waals surface area contributed by atoms with Crippen LogP contribution in [0.15, 0.2) is 30.6 Å². The van der Waals surface area contributed by atoms with Gasteiger partial charge in [0.25, 0.3) is 0 Å². The van der Waals surface area contributed by atoms with Crippen LogP contribution in [-0.2, 0) is 18.4 Å². The minimum atomic E-state index is -0.298. The molecule has 32 heavy (non-hydrogen) atoms. The van der Waals surface area contributed by atoms with Gasteiger partial charge in [-0.05, 0) is 38.0 Å². The van der Waals surface area contributed by atoms with E-state index < -0.39 is 0 Å². The number of anilines is 1. The summed E-state index contributed by atoms with van der Waals surface area (Å²) in [6.45, 7) is 6.51. The lowest BCUT2D eigenvalue weighted by Gasteiger charge is -2.37. The van der Waals surface area contributed by atoms with Crippen LogP contribution in [0.4, 0.5) is 10.3 Å². The van der Waals surface area contributed by atoms with Crippen LogP contribution in [0.1, 0.15) is 24.4 Å². The number of hydrogen-bond donors (Lipinski definition) is 0. The van der Waals surface area contributed by atoms with Crippen molar-refractivity contribution in [3.05, 3.63) is 47.9 Å². The van der Waals surface area contributed by atoms with E-state index in [0.717, 1.165) is 50.5 Å². The molecule has 1 amide bonds. The fourth-order valence-electron chi connectivity index (χ4n) is 4.72. The van der Waals surface area contributed by atoms with Crippen molar-refractivity contribution < 1.29 is 9.18 Å². The number of halogens is 1. The molecule has 9 heteroatoms. The highest BCUT2D eigenvalue weighted by Gasteiger charge is 2.36. The van der Waals surface area contributed by atoms with Crippen molar-refractivity contribution >= 4 is 22.8 Å². The van der Waals surface area contributed by atoms with Crippen molar-refractivity contribution in [1.82, 2.24) is 29.3 Å². The first-order chi connectivity index (χ1) is 15.5. The fraction of sp³-hybridized carbons (Fsp3) is 0.478. The predicted molar refractivity (Wildman–Crippen MR) is 120 cm³/mol. The maximum absolute atomic E-state index is 13.6. The third-order valence-electron chi connectivity index (χ3n) is 6.60. The lowest BCUT2D eigenvalue weighted by Crippen LogP contribution is -2.53. The Balaban J connectivity index is 1.28. The van der Waals surface area contributed by atoms with E-state index in [9.17, 15) is 9.18 Å². The second-order valence-electron chi connectivity index (χ2n) is 8.68. The van der Waals surface area contributed by atoms with Crippen LogP contribution in [0, 0.1) is 12.7 Å². The largest absolute Gasteiger partial charge is 0.338 e. The number of fused-ring (bicyclic) bond motifs is 1. The molecule has 2 aliphatic rings. The summed E-state index contributed by atoms with van der Waals surface area (Å²) in [6.07, 6.45) is 5.50. The number of piperazine rings is 1. The topological polar surface area (TPSA) is 70.4 Å². The molecular weight excluding hydrogens is 409 g/mol. The van der Waals surface area contributed by atoms with E-state index in [2.05, 4.69) is 19.9 Å². The first kappa shape index (κ1) is 20.8. The molecule has 1 unspecified atom stereocenters. The van der Waals surface area contributed by atoms with Crippen LogP contribution in [-0.4, -0.2) is 74.0 Å². The van der Waals surface area contributed by atoms with Crippen LogP contribution < -0.4 is 4.90 Å². The zero-order chi connectivity index (χ0) is 22.2. The molecule has 2 aliphatic heterocycles. The summed E-state index contributed by atoms with van der Waals surface area (Å²) in [5, 5.41) is 0.708. The second-order valence-corrected chi connectivity index (χ2v) is 8.68. The summed E-state index contributed by atoms with van der Waals surface area (Å²) in [5.74, 6) is 1.45. The predicted octanol–water partition coefficient (Wildman–Crippen LogP) is 2.12. The number of imidazole rings is 1. The third-order valence-corrected chi connectivity index (χ3v) is 6.60. The molecule has 0 N–H and O–H groups in total. The van der Waals surface area contributed by atoms with Gasteiger partial charge in [0.15, 0.2) is 0 Å². The molecule has 168 valence electrons. The number of rotatable bonds is 4. The van der Waals surface area contributed by atoms with Crippen LogP contribution in [0.25, 0.3) is 10.9 Å². The zero-order valence-corrected chi connectivity index (χ0v) is 18.5. The molecule has 0 bridgehead atoms. The quantitative estimate of drug-likeness (QED) is 0.623. The lowest BCUT2D eigenvalue weighted by atomic mass is 10.1. The van der Waals surface area contributed by atoms with Gasteiger partial charge in [-0.2, -0.15) is 0 Å². The first-order valence-electron chi connectivity index (χ1n) is 11.2. The molecule has 0 saturated carbocycles. The summed E-state index contributed by atoms with van der Waals surface area (Å²) in [4.78, 5) is 33.4. The highest BCUT2D eigenvalue weighted by Crippen LogP contribution is 2.27. The van der Waals surface area contributed by atoms with Gasteiger partial charge in [0.2, 0.25) is 11.9 Å². The van der Waals surface area contributed by atoms with Gasteiger partial charge in [-0.1, -0.05) is 0 Å². The zero-order valence-electron chi connectivity index (χ0n) is 18.5. The molecule has 1 atom stereocenters. The molecule has 0 aliphatic carbocycles. The molecule has 3 aromatic rings. The monoisotopic (exact) mass is 437 g/mol. The Morgan fingerprint density at radius 1 is 1.16 bits per heavy atom. The first-order valence-corrected chi connectivity index (χ1v) is 11.2. The Morgan fingerprint density at radius 3 is 2.72 bits per heavy atom. The van der Waals surface area contributed by atoms with Crippen molar-refractivity contribution in [2.75, 3.05) is 37.6 Å². The van der Waals surface area contributed by atoms with Gasteiger partial charge in [0.05, 0.1) is 17.8 Å². The number of carbonyl (C=O) groups is 1. The summed E-state index contributed by atoms with van der Waals surface area (Å²) in [6, 6.07) is 4.31. The molecule has 5 rings (SSSR count). The molecule has 2 fully saturated rings. The summed E-state index contributed by atoms with van der Waals surface area (Å²) >= 11 is 0. The number of aromatic nitrogens is 4. The normalized spacial score (nSPS) is 19.8. The summed E-state index contributed by atoms with van der Waals surface area (Å²) in [7, 11) is 2.00. The Labute approximate surface area is 186 Å². The average molecular weight is 438 g/mol. The molecule has 0 radical (unpaired) electrons.